The summed E-state index contributed by atoms with van der Waals surface area (Å²) >= 11 is 0. The second-order valence-electron chi connectivity index (χ2n) is 4.32. The van der Waals surface area contributed by atoms with Crippen LogP contribution in [0.5, 0.6) is 5.75 Å². The molecule has 1 aromatic carbocycles. The van der Waals surface area contributed by atoms with E-state index < -0.39 is 0 Å². The van der Waals surface area contributed by atoms with Gasteiger partial charge in [0, 0.05) is 19.8 Å². The Morgan fingerprint density at radius 2 is 1.88 bits per heavy atom. The highest BCUT2D eigenvalue weighted by molar-refractivity contribution is 5.27. The number of hydrogen-bond acceptors (Lipinski definition) is 3. The molecule has 0 aromatic heterocycles. The van der Waals surface area contributed by atoms with Gasteiger partial charge in [0.05, 0.1) is 0 Å². The molecule has 0 saturated carbocycles. The summed E-state index contributed by atoms with van der Waals surface area (Å²) in [6.45, 7) is 4.01. The predicted molar refractivity (Wildman–Crippen MR) is 70.3 cm³/mol. The minimum Gasteiger partial charge on any atom is -0.508 e. The molecule has 0 bridgehead atoms. The fourth-order valence-corrected chi connectivity index (χ4v) is 1.75. The maximum absolute atomic E-state index is 9.20. The molecule has 1 unspecified atom stereocenters. The van der Waals surface area contributed by atoms with Crippen molar-refractivity contribution >= 4 is 0 Å². The molecule has 0 fully saturated rings. The predicted octanol–water partition coefficient (Wildman–Crippen LogP) is 2.86. The van der Waals surface area contributed by atoms with Crippen LogP contribution in [0.15, 0.2) is 24.3 Å². The summed E-state index contributed by atoms with van der Waals surface area (Å²) in [5.74, 6) is 0.320. The van der Waals surface area contributed by atoms with Crippen molar-refractivity contribution in [2.75, 3.05) is 20.3 Å². The third kappa shape index (κ3) is 5.71. The van der Waals surface area contributed by atoms with Gasteiger partial charge in [0.15, 0.2) is 0 Å². The lowest BCUT2D eigenvalue weighted by Gasteiger charge is -2.14. The van der Waals surface area contributed by atoms with Gasteiger partial charge in [-0.1, -0.05) is 12.1 Å². The zero-order chi connectivity index (χ0) is 12.5. The smallest absolute Gasteiger partial charge is 0.115 e. The van der Waals surface area contributed by atoms with Gasteiger partial charge in [-0.3, -0.25) is 0 Å². The van der Waals surface area contributed by atoms with Crippen LogP contribution in [0.4, 0.5) is 0 Å². The first kappa shape index (κ1) is 14.0. The van der Waals surface area contributed by atoms with E-state index in [1.54, 1.807) is 19.2 Å². The average molecular weight is 237 g/mol. The Kier molecular flexibility index (Phi) is 6.67. The van der Waals surface area contributed by atoms with Gasteiger partial charge in [-0.25, -0.2) is 0 Å². The minimum atomic E-state index is 0.320. The van der Waals surface area contributed by atoms with Crippen LogP contribution in [0.3, 0.4) is 0 Å². The molecule has 0 amide bonds. The zero-order valence-corrected chi connectivity index (χ0v) is 10.8. The summed E-state index contributed by atoms with van der Waals surface area (Å²) in [6, 6.07) is 7.70. The Morgan fingerprint density at radius 3 is 2.53 bits per heavy atom. The molecule has 0 aliphatic heterocycles. The number of phenolic OH excluding ortho intramolecular Hbond substituents is 1. The Hall–Kier alpha value is -1.06. The molecule has 0 radical (unpaired) electrons. The van der Waals surface area contributed by atoms with Crippen molar-refractivity contribution in [2.24, 2.45) is 0 Å². The largest absolute Gasteiger partial charge is 0.508 e. The van der Waals surface area contributed by atoms with Crippen LogP contribution in [0.25, 0.3) is 0 Å². The van der Waals surface area contributed by atoms with Gasteiger partial charge in [-0.2, -0.15) is 0 Å². The lowest BCUT2D eigenvalue weighted by molar-refractivity contribution is 0.192. The van der Waals surface area contributed by atoms with E-state index in [1.165, 1.54) is 18.4 Å². The molecule has 2 N–H and O–H groups in total. The van der Waals surface area contributed by atoms with Crippen molar-refractivity contribution in [3.05, 3.63) is 29.8 Å². The molecular formula is C14H23NO2. The first-order valence-corrected chi connectivity index (χ1v) is 6.25. The SMILES string of the molecule is COCCCCCNC(C)c1ccc(O)cc1. The molecule has 3 nitrogen and oxygen atoms in total. The van der Waals surface area contributed by atoms with Crippen molar-refractivity contribution in [3.8, 4) is 5.75 Å². The number of methoxy groups -OCH3 is 1. The summed E-state index contributed by atoms with van der Waals surface area (Å²) in [6.07, 6.45) is 3.50. The van der Waals surface area contributed by atoms with E-state index in [4.69, 9.17) is 4.74 Å². The molecule has 0 heterocycles. The van der Waals surface area contributed by atoms with E-state index >= 15 is 0 Å². The second-order valence-corrected chi connectivity index (χ2v) is 4.32. The van der Waals surface area contributed by atoms with Gasteiger partial charge in [0.25, 0.3) is 0 Å². The number of unbranched alkanes of at least 4 members (excludes halogenated alkanes) is 2. The molecule has 1 atom stereocenters. The van der Waals surface area contributed by atoms with Crippen LogP contribution < -0.4 is 5.32 Å². The first-order chi connectivity index (χ1) is 8.24. The van der Waals surface area contributed by atoms with Gasteiger partial charge in [0.2, 0.25) is 0 Å². The van der Waals surface area contributed by atoms with Crippen molar-refractivity contribution in [1.82, 2.24) is 5.32 Å². The Labute approximate surface area is 104 Å². The lowest BCUT2D eigenvalue weighted by atomic mass is 10.1. The van der Waals surface area contributed by atoms with Crippen molar-refractivity contribution in [1.29, 1.82) is 0 Å². The van der Waals surface area contributed by atoms with Crippen LogP contribution in [0, 0.1) is 0 Å². The molecule has 0 aliphatic carbocycles. The van der Waals surface area contributed by atoms with Crippen molar-refractivity contribution in [2.45, 2.75) is 32.2 Å². The Morgan fingerprint density at radius 1 is 1.18 bits per heavy atom. The van der Waals surface area contributed by atoms with E-state index in [9.17, 15) is 5.11 Å². The molecule has 1 aromatic rings. The van der Waals surface area contributed by atoms with Crippen LogP contribution >= 0.6 is 0 Å². The molecule has 0 aliphatic rings. The van der Waals surface area contributed by atoms with E-state index in [0.717, 1.165) is 19.6 Å². The monoisotopic (exact) mass is 237 g/mol. The maximum Gasteiger partial charge on any atom is 0.115 e. The summed E-state index contributed by atoms with van der Waals surface area (Å²) in [5, 5.41) is 12.7. The van der Waals surface area contributed by atoms with E-state index in [2.05, 4.69) is 12.2 Å². The third-order valence-electron chi connectivity index (χ3n) is 2.87. The van der Waals surface area contributed by atoms with Gasteiger partial charge >= 0.3 is 0 Å². The summed E-state index contributed by atoms with van der Waals surface area (Å²) in [4.78, 5) is 0. The molecule has 3 heteroatoms. The number of benzene rings is 1. The fourth-order valence-electron chi connectivity index (χ4n) is 1.75. The van der Waals surface area contributed by atoms with Gasteiger partial charge in [0.1, 0.15) is 5.75 Å². The summed E-state index contributed by atoms with van der Waals surface area (Å²) < 4.78 is 5.01. The lowest BCUT2D eigenvalue weighted by Crippen LogP contribution is -2.19. The van der Waals surface area contributed by atoms with Crippen molar-refractivity contribution < 1.29 is 9.84 Å². The number of ether oxygens (including phenoxy) is 1. The fraction of sp³-hybridized carbons (Fsp3) is 0.571. The molecule has 96 valence electrons. The summed E-state index contributed by atoms with van der Waals surface area (Å²) in [5.41, 5.74) is 1.21. The number of phenols is 1. The zero-order valence-electron chi connectivity index (χ0n) is 10.8. The highest BCUT2D eigenvalue weighted by Gasteiger charge is 2.03. The highest BCUT2D eigenvalue weighted by atomic mass is 16.5. The van der Waals surface area contributed by atoms with Gasteiger partial charge in [-0.05, 0) is 50.4 Å². The number of nitrogens with one attached hydrogen (secondary N) is 1. The molecule has 0 spiro atoms. The quantitative estimate of drug-likeness (QED) is 0.683. The van der Waals surface area contributed by atoms with E-state index in [0.29, 0.717) is 11.8 Å². The minimum absolute atomic E-state index is 0.320. The molecule has 1 rings (SSSR count). The van der Waals surface area contributed by atoms with Crippen LogP contribution in [0.2, 0.25) is 0 Å². The van der Waals surface area contributed by atoms with Crippen molar-refractivity contribution in [3.63, 3.8) is 0 Å². The topological polar surface area (TPSA) is 41.5 Å². The van der Waals surface area contributed by atoms with Gasteiger partial charge in [-0.15, -0.1) is 0 Å². The van der Waals surface area contributed by atoms with Crippen LogP contribution in [-0.4, -0.2) is 25.4 Å². The number of hydrogen-bond donors (Lipinski definition) is 2. The van der Waals surface area contributed by atoms with Crippen LogP contribution in [-0.2, 0) is 4.74 Å². The normalized spacial score (nSPS) is 12.6. The van der Waals surface area contributed by atoms with Crippen LogP contribution in [0.1, 0.15) is 37.8 Å². The third-order valence-corrected chi connectivity index (χ3v) is 2.87. The highest BCUT2D eigenvalue weighted by Crippen LogP contribution is 2.16. The maximum atomic E-state index is 9.20. The Balaban J connectivity index is 2.16. The molecular weight excluding hydrogens is 214 g/mol. The van der Waals surface area contributed by atoms with Gasteiger partial charge < -0.3 is 15.2 Å². The summed E-state index contributed by atoms with van der Waals surface area (Å²) in [7, 11) is 1.74. The standard InChI is InChI=1S/C14H23NO2/c1-12(13-6-8-14(16)9-7-13)15-10-4-3-5-11-17-2/h6-9,12,15-16H,3-5,10-11H2,1-2H3. The molecule has 17 heavy (non-hydrogen) atoms. The van der Waals surface area contributed by atoms with E-state index in [1.807, 2.05) is 12.1 Å². The Bertz CT molecular complexity index is 298. The average Bonchev–Trinajstić information content (AvgIpc) is 2.34. The number of aromatic hydroxyl groups is 1. The number of rotatable bonds is 8. The second kappa shape index (κ2) is 8.09. The van der Waals surface area contributed by atoms with E-state index in [-0.39, 0.29) is 0 Å². The molecule has 0 saturated heterocycles. The first-order valence-electron chi connectivity index (χ1n) is 6.25.